The summed E-state index contributed by atoms with van der Waals surface area (Å²) in [6.45, 7) is 4.33. The lowest BCUT2D eigenvalue weighted by atomic mass is 10.0. The highest BCUT2D eigenvalue weighted by Crippen LogP contribution is 2.32. The molecule has 0 radical (unpaired) electrons. The van der Waals surface area contributed by atoms with Crippen LogP contribution in [0, 0.1) is 36.5 Å². The number of methoxy groups -OCH3 is 1. The molecule has 0 N–H and O–H groups in total. The van der Waals surface area contributed by atoms with Gasteiger partial charge in [0, 0.05) is 35.9 Å². The zero-order chi connectivity index (χ0) is 20.3. The third-order valence-electron chi connectivity index (χ3n) is 4.75. The molecule has 2 heterocycles. The molecule has 1 aromatic carbocycles. The van der Waals surface area contributed by atoms with Crippen LogP contribution in [0.2, 0.25) is 0 Å². The minimum atomic E-state index is -0.439. The van der Waals surface area contributed by atoms with Crippen LogP contribution < -0.4 is 0 Å². The standard InChI is InChI=1S/C22H18N4O2/c1-14-20(10-24)21(18-6-4-16(9-23)5-7-18)15(2)26(14)13-17-8-19(12-25-11-17)22(27)28-3/h4-8,11-12H,13H2,1-3H3. The lowest BCUT2D eigenvalue weighted by Crippen LogP contribution is -2.07. The smallest absolute Gasteiger partial charge is 0.339 e. The second kappa shape index (κ2) is 7.77. The third kappa shape index (κ3) is 3.36. The number of ether oxygens (including phenoxy) is 1. The van der Waals surface area contributed by atoms with Crippen LogP contribution in [-0.2, 0) is 11.3 Å². The van der Waals surface area contributed by atoms with Crippen molar-refractivity contribution in [2.24, 2.45) is 0 Å². The van der Waals surface area contributed by atoms with Crippen molar-refractivity contribution in [3.63, 3.8) is 0 Å². The third-order valence-corrected chi connectivity index (χ3v) is 4.75. The highest BCUT2D eigenvalue weighted by atomic mass is 16.5. The first-order chi connectivity index (χ1) is 13.5. The largest absolute Gasteiger partial charge is 0.465 e. The molecule has 3 aromatic rings. The number of aromatic nitrogens is 2. The number of esters is 1. The zero-order valence-electron chi connectivity index (χ0n) is 15.9. The van der Waals surface area contributed by atoms with Gasteiger partial charge in [-0.2, -0.15) is 10.5 Å². The minimum absolute atomic E-state index is 0.385. The van der Waals surface area contributed by atoms with E-state index in [-0.39, 0.29) is 0 Å². The van der Waals surface area contributed by atoms with Crippen molar-refractivity contribution < 1.29 is 9.53 Å². The van der Waals surface area contributed by atoms with Gasteiger partial charge in [0.05, 0.1) is 29.9 Å². The molecule has 0 aliphatic rings. The molecule has 0 bridgehead atoms. The average Bonchev–Trinajstić information content (AvgIpc) is 2.97. The highest BCUT2D eigenvalue weighted by molar-refractivity contribution is 5.89. The van der Waals surface area contributed by atoms with E-state index in [0.717, 1.165) is 28.1 Å². The topological polar surface area (TPSA) is 91.7 Å². The molecule has 2 aromatic heterocycles. The Kier molecular flexibility index (Phi) is 5.24. The van der Waals surface area contributed by atoms with Crippen LogP contribution >= 0.6 is 0 Å². The van der Waals surface area contributed by atoms with Crippen molar-refractivity contribution in [3.05, 3.63) is 76.4 Å². The maximum absolute atomic E-state index is 11.8. The number of pyridine rings is 1. The maximum atomic E-state index is 11.8. The first kappa shape index (κ1) is 18.9. The predicted molar refractivity (Wildman–Crippen MR) is 103 cm³/mol. The number of carbonyl (C=O) groups excluding carboxylic acids is 1. The van der Waals surface area contributed by atoms with Crippen LogP contribution in [0.4, 0.5) is 0 Å². The SMILES string of the molecule is COC(=O)c1cncc(Cn2c(C)c(C#N)c(-c3ccc(C#N)cc3)c2C)c1. The summed E-state index contributed by atoms with van der Waals surface area (Å²) >= 11 is 0. The molecule has 6 heteroatoms. The average molecular weight is 370 g/mol. The number of rotatable bonds is 4. The minimum Gasteiger partial charge on any atom is -0.465 e. The van der Waals surface area contributed by atoms with E-state index in [0.29, 0.717) is 23.2 Å². The van der Waals surface area contributed by atoms with Gasteiger partial charge in [0.25, 0.3) is 0 Å². The Balaban J connectivity index is 2.06. The molecular weight excluding hydrogens is 352 g/mol. The van der Waals surface area contributed by atoms with Crippen molar-refractivity contribution in [2.75, 3.05) is 7.11 Å². The number of nitrogens with zero attached hydrogens (tertiary/aromatic N) is 4. The van der Waals surface area contributed by atoms with E-state index in [1.165, 1.54) is 13.3 Å². The van der Waals surface area contributed by atoms with Crippen molar-refractivity contribution in [3.8, 4) is 23.3 Å². The molecule has 0 aliphatic heterocycles. The molecule has 0 fully saturated rings. The fourth-order valence-corrected chi connectivity index (χ4v) is 3.31. The van der Waals surface area contributed by atoms with Crippen LogP contribution in [0.25, 0.3) is 11.1 Å². The highest BCUT2D eigenvalue weighted by Gasteiger charge is 2.19. The van der Waals surface area contributed by atoms with E-state index in [2.05, 4.69) is 17.1 Å². The molecule has 0 amide bonds. The first-order valence-corrected chi connectivity index (χ1v) is 8.62. The van der Waals surface area contributed by atoms with Gasteiger partial charge in [-0.25, -0.2) is 4.79 Å². The Morgan fingerprint density at radius 2 is 1.82 bits per heavy atom. The van der Waals surface area contributed by atoms with Gasteiger partial charge in [-0.15, -0.1) is 0 Å². The fourth-order valence-electron chi connectivity index (χ4n) is 3.31. The van der Waals surface area contributed by atoms with Crippen molar-refractivity contribution in [1.82, 2.24) is 9.55 Å². The Bertz CT molecular complexity index is 1130. The summed E-state index contributed by atoms with van der Waals surface area (Å²) in [6.07, 6.45) is 3.16. The van der Waals surface area contributed by atoms with Gasteiger partial charge in [0.2, 0.25) is 0 Å². The van der Waals surface area contributed by atoms with Gasteiger partial charge >= 0.3 is 5.97 Å². The normalized spacial score (nSPS) is 10.2. The molecule has 6 nitrogen and oxygen atoms in total. The van der Waals surface area contributed by atoms with Crippen LogP contribution in [0.3, 0.4) is 0 Å². The van der Waals surface area contributed by atoms with Crippen molar-refractivity contribution in [1.29, 1.82) is 10.5 Å². The van der Waals surface area contributed by atoms with Crippen LogP contribution in [0.5, 0.6) is 0 Å². The van der Waals surface area contributed by atoms with Gasteiger partial charge in [-0.3, -0.25) is 4.98 Å². The monoisotopic (exact) mass is 370 g/mol. The van der Waals surface area contributed by atoms with Gasteiger partial charge < -0.3 is 9.30 Å². The van der Waals surface area contributed by atoms with E-state index in [1.807, 2.05) is 30.5 Å². The van der Waals surface area contributed by atoms with Crippen LogP contribution in [-0.4, -0.2) is 22.6 Å². The number of carbonyl (C=O) groups is 1. The molecule has 28 heavy (non-hydrogen) atoms. The summed E-state index contributed by atoms with van der Waals surface area (Å²) in [4.78, 5) is 15.9. The molecule has 0 aliphatic carbocycles. The predicted octanol–water partition coefficient (Wildman–Crippen LogP) is 3.75. The van der Waals surface area contributed by atoms with Crippen molar-refractivity contribution in [2.45, 2.75) is 20.4 Å². The number of nitriles is 2. The first-order valence-electron chi connectivity index (χ1n) is 8.62. The van der Waals surface area contributed by atoms with Gasteiger partial charge in [-0.1, -0.05) is 12.1 Å². The maximum Gasteiger partial charge on any atom is 0.339 e. The second-order valence-electron chi connectivity index (χ2n) is 6.38. The number of hydrogen-bond donors (Lipinski definition) is 0. The van der Waals surface area contributed by atoms with Crippen molar-refractivity contribution >= 4 is 5.97 Å². The van der Waals surface area contributed by atoms with E-state index in [4.69, 9.17) is 10.00 Å². The van der Waals surface area contributed by atoms with Gasteiger partial charge in [-0.05, 0) is 43.2 Å². The van der Waals surface area contributed by atoms with E-state index >= 15 is 0 Å². The molecular formula is C22H18N4O2. The Labute approximate surface area is 163 Å². The summed E-state index contributed by atoms with van der Waals surface area (Å²) in [5.74, 6) is -0.439. The fraction of sp³-hybridized carbons (Fsp3) is 0.182. The zero-order valence-corrected chi connectivity index (χ0v) is 15.9. The summed E-state index contributed by atoms with van der Waals surface area (Å²) in [5, 5.41) is 18.7. The molecule has 138 valence electrons. The number of benzene rings is 1. The quantitative estimate of drug-likeness (QED) is 0.652. The van der Waals surface area contributed by atoms with Gasteiger partial charge in [0.15, 0.2) is 0 Å². The summed E-state index contributed by atoms with van der Waals surface area (Å²) in [7, 11) is 1.33. The molecule has 0 spiro atoms. The molecule has 0 atom stereocenters. The number of hydrogen-bond acceptors (Lipinski definition) is 5. The Hall–Kier alpha value is -3.90. The molecule has 3 rings (SSSR count). The summed E-state index contributed by atoms with van der Waals surface area (Å²) in [5.41, 5.74) is 5.89. The van der Waals surface area contributed by atoms with E-state index < -0.39 is 5.97 Å². The molecule has 0 saturated heterocycles. The van der Waals surface area contributed by atoms with E-state index in [9.17, 15) is 10.1 Å². The second-order valence-corrected chi connectivity index (χ2v) is 6.38. The molecule has 0 saturated carbocycles. The molecule has 0 unspecified atom stereocenters. The van der Waals surface area contributed by atoms with Crippen LogP contribution in [0.1, 0.15) is 38.4 Å². The van der Waals surface area contributed by atoms with Crippen LogP contribution in [0.15, 0.2) is 42.7 Å². The summed E-state index contributed by atoms with van der Waals surface area (Å²) in [6, 6.07) is 13.3. The summed E-state index contributed by atoms with van der Waals surface area (Å²) < 4.78 is 6.79. The Morgan fingerprint density at radius 1 is 1.11 bits per heavy atom. The Morgan fingerprint density at radius 3 is 2.43 bits per heavy atom. The lowest BCUT2D eigenvalue weighted by Gasteiger charge is -2.10. The van der Waals surface area contributed by atoms with Gasteiger partial charge in [0.1, 0.15) is 6.07 Å². The van der Waals surface area contributed by atoms with E-state index in [1.54, 1.807) is 24.4 Å². The lowest BCUT2D eigenvalue weighted by molar-refractivity contribution is 0.0600.